The molecule has 1 heterocycles. The molecule has 94 valence electrons. The molecule has 2 rings (SSSR count). The lowest BCUT2D eigenvalue weighted by molar-refractivity contribution is -0.138. The topological polar surface area (TPSA) is 54.9 Å². The highest BCUT2D eigenvalue weighted by atomic mass is 32.1. The summed E-state index contributed by atoms with van der Waals surface area (Å²) in [4.78, 5) is 11.6. The van der Waals surface area contributed by atoms with Gasteiger partial charge in [-0.25, -0.2) is 0 Å². The first kappa shape index (κ1) is 12.5. The van der Waals surface area contributed by atoms with E-state index >= 15 is 0 Å². The largest absolute Gasteiger partial charge is 0.445 e. The number of halogens is 3. The number of hydrogen-bond acceptors (Lipinski definition) is 4. The summed E-state index contributed by atoms with van der Waals surface area (Å²) >= 11 is 0.284. The van der Waals surface area contributed by atoms with E-state index in [2.05, 4.69) is 15.5 Å². The predicted octanol–water partition coefficient (Wildman–Crippen LogP) is 2.81. The fraction of sp³-hybridized carbons (Fsp3) is 0.100. The van der Waals surface area contributed by atoms with Crippen LogP contribution in [-0.4, -0.2) is 16.1 Å². The molecule has 18 heavy (non-hydrogen) atoms. The summed E-state index contributed by atoms with van der Waals surface area (Å²) in [6.07, 6.45) is -4.55. The Kier molecular flexibility index (Phi) is 3.28. The minimum absolute atomic E-state index is 0.184. The summed E-state index contributed by atoms with van der Waals surface area (Å²) in [5.74, 6) is -0.527. The number of amides is 1. The molecule has 1 aromatic heterocycles. The van der Waals surface area contributed by atoms with Gasteiger partial charge in [-0.1, -0.05) is 29.5 Å². The maximum absolute atomic E-state index is 12.3. The van der Waals surface area contributed by atoms with E-state index in [9.17, 15) is 18.0 Å². The molecule has 0 radical (unpaired) electrons. The first-order chi connectivity index (χ1) is 8.47. The molecule has 0 spiro atoms. The molecule has 2 aromatic rings. The fourth-order valence-corrected chi connectivity index (χ4v) is 1.75. The second-order valence-corrected chi connectivity index (χ2v) is 4.21. The van der Waals surface area contributed by atoms with Crippen molar-refractivity contribution < 1.29 is 18.0 Å². The molecule has 1 aromatic carbocycles. The summed E-state index contributed by atoms with van der Waals surface area (Å²) in [5.41, 5.74) is 0.334. The van der Waals surface area contributed by atoms with Crippen LogP contribution in [0.4, 0.5) is 18.3 Å². The molecule has 1 amide bonds. The summed E-state index contributed by atoms with van der Waals surface area (Å²) in [6, 6.07) is 8.11. The highest BCUT2D eigenvalue weighted by Gasteiger charge is 2.35. The van der Waals surface area contributed by atoms with Gasteiger partial charge >= 0.3 is 6.18 Å². The van der Waals surface area contributed by atoms with Crippen LogP contribution in [0.15, 0.2) is 30.3 Å². The first-order valence-corrected chi connectivity index (χ1v) is 5.55. The van der Waals surface area contributed by atoms with Gasteiger partial charge in [-0.3, -0.25) is 10.1 Å². The van der Waals surface area contributed by atoms with Crippen LogP contribution in [-0.2, 0) is 6.18 Å². The van der Waals surface area contributed by atoms with Crippen LogP contribution in [0.5, 0.6) is 0 Å². The van der Waals surface area contributed by atoms with Gasteiger partial charge in [0.15, 0.2) is 0 Å². The quantitative estimate of drug-likeness (QED) is 0.915. The maximum atomic E-state index is 12.3. The van der Waals surface area contributed by atoms with Gasteiger partial charge in [-0.2, -0.15) is 13.2 Å². The Morgan fingerprint density at radius 2 is 1.83 bits per heavy atom. The van der Waals surface area contributed by atoms with Gasteiger partial charge in [0.05, 0.1) is 0 Å². The molecule has 0 aliphatic carbocycles. The molecule has 0 aliphatic rings. The predicted molar refractivity (Wildman–Crippen MR) is 59.3 cm³/mol. The zero-order chi connectivity index (χ0) is 13.2. The highest BCUT2D eigenvalue weighted by Crippen LogP contribution is 2.33. The molecule has 8 heteroatoms. The van der Waals surface area contributed by atoms with E-state index in [4.69, 9.17) is 0 Å². The van der Waals surface area contributed by atoms with Crippen LogP contribution in [0.2, 0.25) is 0 Å². The first-order valence-electron chi connectivity index (χ1n) is 4.74. The van der Waals surface area contributed by atoms with Gasteiger partial charge in [0, 0.05) is 5.56 Å². The molecule has 0 atom stereocenters. The number of alkyl halides is 3. The SMILES string of the molecule is O=C(Nc1nnc(C(F)(F)F)s1)c1ccccc1. The van der Waals surface area contributed by atoms with Gasteiger partial charge in [0.2, 0.25) is 10.1 Å². The number of carbonyl (C=O) groups is 1. The second-order valence-electron chi connectivity index (χ2n) is 3.23. The summed E-state index contributed by atoms with van der Waals surface area (Å²) < 4.78 is 36.8. The summed E-state index contributed by atoms with van der Waals surface area (Å²) in [6.45, 7) is 0. The van der Waals surface area contributed by atoms with Crippen molar-refractivity contribution in [1.29, 1.82) is 0 Å². The van der Waals surface area contributed by atoms with Crippen LogP contribution in [0.25, 0.3) is 0 Å². The zero-order valence-corrected chi connectivity index (χ0v) is 9.55. The number of nitrogens with zero attached hydrogens (tertiary/aromatic N) is 2. The summed E-state index contributed by atoms with van der Waals surface area (Å²) in [7, 11) is 0. The highest BCUT2D eigenvalue weighted by molar-refractivity contribution is 7.15. The smallest absolute Gasteiger partial charge is 0.296 e. The maximum Gasteiger partial charge on any atom is 0.445 e. The van der Waals surface area contributed by atoms with Crippen molar-refractivity contribution in [3.8, 4) is 0 Å². The zero-order valence-electron chi connectivity index (χ0n) is 8.73. The number of benzene rings is 1. The van der Waals surface area contributed by atoms with Crippen molar-refractivity contribution in [1.82, 2.24) is 10.2 Å². The Morgan fingerprint density at radius 3 is 2.39 bits per heavy atom. The molecule has 0 fully saturated rings. The molecule has 0 bridgehead atoms. The van der Waals surface area contributed by atoms with E-state index in [0.717, 1.165) is 0 Å². The molecular formula is C10H6F3N3OS. The monoisotopic (exact) mass is 273 g/mol. The minimum atomic E-state index is -4.55. The number of carbonyl (C=O) groups excluding carboxylic acids is 1. The van der Waals surface area contributed by atoms with Gasteiger partial charge in [-0.15, -0.1) is 10.2 Å². The van der Waals surface area contributed by atoms with Crippen LogP contribution < -0.4 is 5.32 Å². The lowest BCUT2D eigenvalue weighted by Crippen LogP contribution is -2.11. The standard InChI is InChI=1S/C10H6F3N3OS/c11-10(12,13)8-15-16-9(18-8)14-7(17)6-4-2-1-3-5-6/h1-5H,(H,14,16,17). The van der Waals surface area contributed by atoms with E-state index in [0.29, 0.717) is 5.56 Å². The van der Waals surface area contributed by atoms with Crippen molar-refractivity contribution in [2.75, 3.05) is 5.32 Å². The fourth-order valence-electron chi connectivity index (χ4n) is 1.15. The Morgan fingerprint density at radius 1 is 1.17 bits per heavy atom. The lowest BCUT2D eigenvalue weighted by atomic mass is 10.2. The molecule has 0 saturated carbocycles. The van der Waals surface area contributed by atoms with Gasteiger partial charge in [-0.05, 0) is 12.1 Å². The van der Waals surface area contributed by atoms with E-state index in [1.54, 1.807) is 30.3 Å². The van der Waals surface area contributed by atoms with Crippen LogP contribution >= 0.6 is 11.3 Å². The van der Waals surface area contributed by atoms with Crippen LogP contribution in [0.3, 0.4) is 0 Å². The summed E-state index contributed by atoms with van der Waals surface area (Å²) in [5, 5.41) is 7.21. The van der Waals surface area contributed by atoms with E-state index in [1.165, 1.54) is 0 Å². The number of hydrogen-bond donors (Lipinski definition) is 1. The Labute approximate surface area is 103 Å². The molecule has 1 N–H and O–H groups in total. The van der Waals surface area contributed by atoms with Gasteiger partial charge in [0.1, 0.15) is 0 Å². The number of aromatic nitrogens is 2. The molecular weight excluding hydrogens is 267 g/mol. The molecule has 0 unspecified atom stereocenters. The Hall–Kier alpha value is -1.96. The Bertz CT molecular complexity index is 553. The number of anilines is 1. The van der Waals surface area contributed by atoms with E-state index in [1.807, 2.05) is 0 Å². The third kappa shape index (κ3) is 2.83. The van der Waals surface area contributed by atoms with Gasteiger partial charge < -0.3 is 0 Å². The number of rotatable bonds is 2. The average Bonchev–Trinajstić information content (AvgIpc) is 2.78. The average molecular weight is 273 g/mol. The van der Waals surface area contributed by atoms with E-state index in [-0.39, 0.29) is 16.5 Å². The van der Waals surface area contributed by atoms with Crippen molar-refractivity contribution in [3.63, 3.8) is 0 Å². The van der Waals surface area contributed by atoms with Crippen molar-refractivity contribution in [3.05, 3.63) is 40.9 Å². The minimum Gasteiger partial charge on any atom is -0.296 e. The van der Waals surface area contributed by atoms with E-state index < -0.39 is 17.1 Å². The normalized spacial score (nSPS) is 11.3. The second kappa shape index (κ2) is 4.73. The van der Waals surface area contributed by atoms with Crippen molar-refractivity contribution in [2.24, 2.45) is 0 Å². The third-order valence-electron chi connectivity index (χ3n) is 1.92. The number of nitrogens with one attached hydrogen (secondary N) is 1. The van der Waals surface area contributed by atoms with Gasteiger partial charge in [0.25, 0.3) is 5.91 Å². The van der Waals surface area contributed by atoms with Crippen molar-refractivity contribution in [2.45, 2.75) is 6.18 Å². The van der Waals surface area contributed by atoms with Crippen LogP contribution in [0, 0.1) is 0 Å². The molecule has 0 saturated heterocycles. The third-order valence-corrected chi connectivity index (χ3v) is 2.81. The molecule has 0 aliphatic heterocycles. The van der Waals surface area contributed by atoms with Crippen LogP contribution in [0.1, 0.15) is 15.4 Å². The van der Waals surface area contributed by atoms with Crippen molar-refractivity contribution >= 4 is 22.4 Å². The lowest BCUT2D eigenvalue weighted by Gasteiger charge is -2.00. The Balaban J connectivity index is 2.11. The molecule has 4 nitrogen and oxygen atoms in total.